The molecule has 0 radical (unpaired) electrons. The van der Waals surface area contributed by atoms with E-state index in [-0.39, 0.29) is 11.6 Å². The molecule has 1 heterocycles. The summed E-state index contributed by atoms with van der Waals surface area (Å²) < 4.78 is 0. The highest BCUT2D eigenvalue weighted by Gasteiger charge is 2.11. The predicted molar refractivity (Wildman–Crippen MR) is 123 cm³/mol. The van der Waals surface area contributed by atoms with Gasteiger partial charge < -0.3 is 10.6 Å². The number of hydrogen-bond acceptors (Lipinski definition) is 6. The Morgan fingerprint density at radius 1 is 0.875 bits per heavy atom. The third-order valence-electron chi connectivity index (χ3n) is 4.62. The molecule has 0 bridgehead atoms. The fourth-order valence-electron chi connectivity index (χ4n) is 3.18. The second-order valence-corrected chi connectivity index (χ2v) is 7.02. The average molecular weight is 425 g/mol. The number of benzene rings is 3. The molecular weight excluding hydrogens is 406 g/mol. The molecule has 0 saturated heterocycles. The van der Waals surface area contributed by atoms with Crippen LogP contribution < -0.4 is 10.6 Å². The molecule has 4 rings (SSSR count). The molecule has 32 heavy (non-hydrogen) atoms. The summed E-state index contributed by atoms with van der Waals surface area (Å²) in [5.41, 5.74) is 3.10. The predicted octanol–water partition coefficient (Wildman–Crippen LogP) is 5.36. The number of carbonyl (C=O) groups excluding carboxylic acids is 1. The summed E-state index contributed by atoms with van der Waals surface area (Å²) in [6.45, 7) is 1.82. The molecule has 0 atom stereocenters. The number of nitro benzene ring substituents is 1. The fraction of sp³-hybridized carbons (Fsp3) is 0.0417. The lowest BCUT2D eigenvalue weighted by molar-refractivity contribution is -0.384. The van der Waals surface area contributed by atoms with Gasteiger partial charge in [0.1, 0.15) is 11.6 Å². The van der Waals surface area contributed by atoms with Crippen molar-refractivity contribution in [3.63, 3.8) is 0 Å². The number of carbonyl (C=O) groups is 1. The zero-order chi connectivity index (χ0) is 22.5. The van der Waals surface area contributed by atoms with Crippen molar-refractivity contribution in [2.75, 3.05) is 10.6 Å². The van der Waals surface area contributed by atoms with E-state index >= 15 is 0 Å². The highest BCUT2D eigenvalue weighted by Crippen LogP contribution is 2.23. The van der Waals surface area contributed by atoms with Gasteiger partial charge in [0.05, 0.1) is 10.6 Å². The Morgan fingerprint density at radius 3 is 2.41 bits per heavy atom. The van der Waals surface area contributed by atoms with Crippen LogP contribution in [0.15, 0.2) is 84.9 Å². The van der Waals surface area contributed by atoms with Gasteiger partial charge in [-0.1, -0.05) is 42.5 Å². The Morgan fingerprint density at radius 2 is 1.62 bits per heavy atom. The zero-order valence-corrected chi connectivity index (χ0v) is 17.1. The number of nitrogens with one attached hydrogen (secondary N) is 2. The minimum Gasteiger partial charge on any atom is -0.340 e. The molecule has 0 aliphatic heterocycles. The molecule has 3 aromatic carbocycles. The molecule has 0 saturated carbocycles. The number of rotatable bonds is 6. The number of non-ortho nitro benzene ring substituents is 1. The Labute approximate surface area is 184 Å². The summed E-state index contributed by atoms with van der Waals surface area (Å²) in [6.07, 6.45) is 0. The molecule has 0 aliphatic carbocycles. The average Bonchev–Trinajstić information content (AvgIpc) is 2.79. The molecule has 0 fully saturated rings. The van der Waals surface area contributed by atoms with Crippen molar-refractivity contribution in [2.24, 2.45) is 0 Å². The van der Waals surface area contributed by atoms with Crippen molar-refractivity contribution in [1.29, 1.82) is 0 Å². The van der Waals surface area contributed by atoms with E-state index in [1.54, 1.807) is 24.3 Å². The van der Waals surface area contributed by atoms with Gasteiger partial charge >= 0.3 is 0 Å². The normalized spacial score (nSPS) is 10.4. The van der Waals surface area contributed by atoms with Crippen LogP contribution in [0.4, 0.5) is 22.9 Å². The van der Waals surface area contributed by atoms with Gasteiger partial charge in [0.2, 0.25) is 0 Å². The lowest BCUT2D eigenvalue weighted by Gasteiger charge is -2.10. The number of hydrogen-bond donors (Lipinski definition) is 2. The SMILES string of the molecule is Cc1nc(Nc2cccc(C(=O)Nc3cccc([N+](=O)[O-])c3)c2)cc(-c2ccccc2)n1. The van der Waals surface area contributed by atoms with Gasteiger partial charge in [0, 0.05) is 40.7 Å². The summed E-state index contributed by atoms with van der Waals surface area (Å²) in [5.74, 6) is 0.846. The number of anilines is 3. The molecular formula is C24H19N5O3. The van der Waals surface area contributed by atoms with Crippen molar-refractivity contribution < 1.29 is 9.72 Å². The maximum absolute atomic E-state index is 12.7. The quantitative estimate of drug-likeness (QED) is 0.318. The summed E-state index contributed by atoms with van der Waals surface area (Å²) in [5, 5.41) is 16.8. The summed E-state index contributed by atoms with van der Waals surface area (Å²) in [7, 11) is 0. The lowest BCUT2D eigenvalue weighted by Crippen LogP contribution is -2.12. The molecule has 0 unspecified atom stereocenters. The van der Waals surface area contributed by atoms with Gasteiger partial charge in [-0.3, -0.25) is 14.9 Å². The molecule has 4 aromatic rings. The smallest absolute Gasteiger partial charge is 0.271 e. The van der Waals surface area contributed by atoms with Crippen molar-refractivity contribution >= 4 is 28.8 Å². The topological polar surface area (TPSA) is 110 Å². The summed E-state index contributed by atoms with van der Waals surface area (Å²) in [4.78, 5) is 32.0. The number of aryl methyl sites for hydroxylation is 1. The molecule has 0 aliphatic rings. The number of nitro groups is 1. The largest absolute Gasteiger partial charge is 0.340 e. The third kappa shape index (κ3) is 4.93. The number of nitrogens with zero attached hydrogens (tertiary/aromatic N) is 3. The summed E-state index contributed by atoms with van der Waals surface area (Å²) >= 11 is 0. The molecule has 2 N–H and O–H groups in total. The summed E-state index contributed by atoms with van der Waals surface area (Å²) in [6, 6.07) is 24.4. The maximum atomic E-state index is 12.7. The zero-order valence-electron chi connectivity index (χ0n) is 17.1. The Balaban J connectivity index is 1.54. The third-order valence-corrected chi connectivity index (χ3v) is 4.62. The van der Waals surface area contributed by atoms with Gasteiger partial charge in [0.15, 0.2) is 0 Å². The van der Waals surface area contributed by atoms with Crippen molar-refractivity contribution in [3.8, 4) is 11.3 Å². The van der Waals surface area contributed by atoms with Crippen LogP contribution in [0.5, 0.6) is 0 Å². The molecule has 8 heteroatoms. The van der Waals surface area contributed by atoms with Crippen LogP contribution in [0.1, 0.15) is 16.2 Å². The first-order chi connectivity index (χ1) is 15.5. The van der Waals surface area contributed by atoms with Crippen molar-refractivity contribution in [2.45, 2.75) is 6.92 Å². The van der Waals surface area contributed by atoms with Gasteiger partial charge in [-0.25, -0.2) is 9.97 Å². The van der Waals surface area contributed by atoms with E-state index in [2.05, 4.69) is 20.6 Å². The first kappa shape index (κ1) is 20.7. The molecule has 158 valence electrons. The standard InChI is InChI=1S/C24H19N5O3/c1-16-25-22(17-7-3-2-4-8-17)15-23(26-16)27-19-10-5-9-18(13-19)24(30)28-20-11-6-12-21(14-20)29(31)32/h2-15H,1H3,(H,28,30)(H,25,26,27). The number of amides is 1. The van der Waals surface area contributed by atoms with Gasteiger partial charge in [-0.15, -0.1) is 0 Å². The highest BCUT2D eigenvalue weighted by molar-refractivity contribution is 6.05. The molecule has 0 spiro atoms. The van der Waals surface area contributed by atoms with Crippen molar-refractivity contribution in [1.82, 2.24) is 9.97 Å². The van der Waals surface area contributed by atoms with E-state index in [9.17, 15) is 14.9 Å². The Bertz CT molecular complexity index is 1290. The Hall–Kier alpha value is -4.59. The van der Waals surface area contributed by atoms with E-state index in [4.69, 9.17) is 0 Å². The van der Waals surface area contributed by atoms with Crippen LogP contribution in [-0.2, 0) is 0 Å². The van der Waals surface area contributed by atoms with E-state index in [1.807, 2.05) is 49.4 Å². The maximum Gasteiger partial charge on any atom is 0.271 e. The second-order valence-electron chi connectivity index (χ2n) is 7.02. The van der Waals surface area contributed by atoms with Crippen LogP contribution in [0, 0.1) is 17.0 Å². The van der Waals surface area contributed by atoms with Crippen LogP contribution >= 0.6 is 0 Å². The highest BCUT2D eigenvalue weighted by atomic mass is 16.6. The molecule has 8 nitrogen and oxygen atoms in total. The number of aromatic nitrogens is 2. The monoisotopic (exact) mass is 425 g/mol. The van der Waals surface area contributed by atoms with Gasteiger partial charge in [0.25, 0.3) is 11.6 Å². The van der Waals surface area contributed by atoms with E-state index in [1.165, 1.54) is 18.2 Å². The molecule has 1 aromatic heterocycles. The van der Waals surface area contributed by atoms with E-state index in [0.717, 1.165) is 11.3 Å². The Kier molecular flexibility index (Phi) is 5.85. The van der Waals surface area contributed by atoms with Crippen LogP contribution in [0.3, 0.4) is 0 Å². The van der Waals surface area contributed by atoms with Crippen LogP contribution in [0.25, 0.3) is 11.3 Å². The minimum absolute atomic E-state index is 0.0911. The van der Waals surface area contributed by atoms with Crippen LogP contribution in [-0.4, -0.2) is 20.8 Å². The van der Waals surface area contributed by atoms with E-state index < -0.39 is 4.92 Å². The van der Waals surface area contributed by atoms with Crippen molar-refractivity contribution in [3.05, 3.63) is 106 Å². The van der Waals surface area contributed by atoms with Gasteiger partial charge in [-0.2, -0.15) is 0 Å². The first-order valence-corrected chi connectivity index (χ1v) is 9.82. The van der Waals surface area contributed by atoms with Gasteiger partial charge in [-0.05, 0) is 31.2 Å². The second kappa shape index (κ2) is 9.05. The molecule has 1 amide bonds. The van der Waals surface area contributed by atoms with Crippen LogP contribution in [0.2, 0.25) is 0 Å². The lowest BCUT2D eigenvalue weighted by atomic mass is 10.1. The fourth-order valence-corrected chi connectivity index (χ4v) is 3.18. The first-order valence-electron chi connectivity index (χ1n) is 9.82. The van der Waals surface area contributed by atoms with E-state index in [0.29, 0.717) is 28.6 Å². The minimum atomic E-state index is -0.506.